The molecule has 0 unspecified atom stereocenters. The Bertz CT molecular complexity index is 869. The van der Waals surface area contributed by atoms with E-state index in [1.807, 2.05) is 18.1 Å². The van der Waals surface area contributed by atoms with Crippen molar-refractivity contribution in [1.29, 1.82) is 0 Å². The van der Waals surface area contributed by atoms with E-state index in [-0.39, 0.29) is 5.91 Å². The van der Waals surface area contributed by atoms with Gasteiger partial charge >= 0.3 is 0 Å². The van der Waals surface area contributed by atoms with Crippen LogP contribution >= 0.6 is 0 Å². The lowest BCUT2D eigenvalue weighted by Gasteiger charge is -2.18. The van der Waals surface area contributed by atoms with Crippen molar-refractivity contribution in [3.8, 4) is 11.3 Å². The molecule has 0 bridgehead atoms. The van der Waals surface area contributed by atoms with E-state index in [2.05, 4.69) is 15.1 Å². The number of rotatable bonds is 2. The maximum atomic E-state index is 12.5. The maximum Gasteiger partial charge on any atom is 0.289 e. The molecule has 3 aromatic heterocycles. The fourth-order valence-corrected chi connectivity index (χ4v) is 3.08. The van der Waals surface area contributed by atoms with E-state index < -0.39 is 0 Å². The first kappa shape index (κ1) is 14.6. The third kappa shape index (κ3) is 2.58. The van der Waals surface area contributed by atoms with Crippen molar-refractivity contribution < 1.29 is 9.21 Å². The molecule has 0 aliphatic carbocycles. The Labute approximate surface area is 138 Å². The lowest BCUT2D eigenvalue weighted by molar-refractivity contribution is 0.0731. The topological polar surface area (TPSA) is 77.0 Å². The second kappa shape index (κ2) is 5.92. The molecule has 0 fully saturated rings. The number of amides is 1. The number of carbonyl (C=O) groups excluding carboxylic acids is 1. The second-order valence-electron chi connectivity index (χ2n) is 5.82. The van der Waals surface area contributed by atoms with Crippen LogP contribution in [0.15, 0.2) is 41.5 Å². The van der Waals surface area contributed by atoms with Gasteiger partial charge in [-0.1, -0.05) is 0 Å². The molecule has 7 nitrogen and oxygen atoms in total. The third-order valence-corrected chi connectivity index (χ3v) is 4.28. The zero-order valence-electron chi connectivity index (χ0n) is 13.3. The highest BCUT2D eigenvalue weighted by molar-refractivity contribution is 5.91. The first-order chi connectivity index (χ1) is 11.7. The van der Waals surface area contributed by atoms with Gasteiger partial charge in [-0.2, -0.15) is 5.10 Å². The van der Waals surface area contributed by atoms with Gasteiger partial charge in [0.1, 0.15) is 6.33 Å². The molecule has 4 heterocycles. The predicted octanol–water partition coefficient (Wildman–Crippen LogP) is 1.71. The summed E-state index contributed by atoms with van der Waals surface area (Å²) in [5.74, 6) is 0.295. The van der Waals surface area contributed by atoms with Crippen molar-refractivity contribution in [3.05, 3.63) is 54.1 Å². The molecule has 7 heteroatoms. The van der Waals surface area contributed by atoms with Gasteiger partial charge < -0.3 is 9.32 Å². The molecule has 122 valence electrons. The number of hydrogen-bond acceptors (Lipinski definition) is 5. The highest BCUT2D eigenvalue weighted by Gasteiger charge is 2.24. The molecule has 0 N–H and O–H groups in total. The van der Waals surface area contributed by atoms with Gasteiger partial charge in [-0.25, -0.2) is 9.97 Å². The van der Waals surface area contributed by atoms with Gasteiger partial charge in [-0.3, -0.25) is 9.48 Å². The fourth-order valence-electron chi connectivity index (χ4n) is 3.08. The van der Waals surface area contributed by atoms with Gasteiger partial charge in [0, 0.05) is 49.6 Å². The van der Waals surface area contributed by atoms with Crippen LogP contribution in [0.25, 0.3) is 11.3 Å². The molecule has 0 aromatic carbocycles. The smallest absolute Gasteiger partial charge is 0.289 e. The first-order valence-corrected chi connectivity index (χ1v) is 7.87. The van der Waals surface area contributed by atoms with Crippen LogP contribution in [-0.4, -0.2) is 43.6 Å². The number of aryl methyl sites for hydroxylation is 1. The van der Waals surface area contributed by atoms with Crippen molar-refractivity contribution in [3.63, 3.8) is 0 Å². The van der Waals surface area contributed by atoms with Crippen LogP contribution in [0.2, 0.25) is 0 Å². The maximum absolute atomic E-state index is 12.5. The molecular formula is C17H17N5O2. The molecule has 0 atom stereocenters. The Morgan fingerprint density at radius 2 is 2.12 bits per heavy atom. The lowest BCUT2D eigenvalue weighted by Crippen LogP contribution is -2.33. The molecule has 1 aliphatic heterocycles. The quantitative estimate of drug-likeness (QED) is 0.717. The molecule has 0 spiro atoms. The van der Waals surface area contributed by atoms with Gasteiger partial charge in [-0.05, 0) is 18.6 Å². The highest BCUT2D eigenvalue weighted by Crippen LogP contribution is 2.25. The summed E-state index contributed by atoms with van der Waals surface area (Å²) in [6.45, 7) is 1.24. The van der Waals surface area contributed by atoms with Gasteiger partial charge in [-0.15, -0.1) is 0 Å². The summed E-state index contributed by atoms with van der Waals surface area (Å²) in [5, 5.41) is 4.22. The van der Waals surface area contributed by atoms with Crippen LogP contribution in [0.5, 0.6) is 0 Å². The second-order valence-corrected chi connectivity index (χ2v) is 5.82. The molecule has 1 aliphatic rings. The zero-order chi connectivity index (χ0) is 16.5. The number of fused-ring (bicyclic) bond motifs is 1. The number of carbonyl (C=O) groups is 1. The summed E-state index contributed by atoms with van der Waals surface area (Å²) in [7, 11) is 1.88. The summed E-state index contributed by atoms with van der Waals surface area (Å²) < 4.78 is 6.99. The number of furan rings is 1. The fraction of sp³-hybridized carbons (Fsp3) is 0.294. The van der Waals surface area contributed by atoms with E-state index in [0.717, 1.165) is 22.5 Å². The molecule has 1 amide bonds. The van der Waals surface area contributed by atoms with Crippen LogP contribution < -0.4 is 0 Å². The summed E-state index contributed by atoms with van der Waals surface area (Å²) >= 11 is 0. The lowest BCUT2D eigenvalue weighted by atomic mass is 10.0. The summed E-state index contributed by atoms with van der Waals surface area (Å²) in [5.41, 5.74) is 3.97. The van der Waals surface area contributed by atoms with Crippen molar-refractivity contribution in [2.24, 2.45) is 7.05 Å². The minimum absolute atomic E-state index is 0.0799. The van der Waals surface area contributed by atoms with Gasteiger partial charge in [0.05, 0.1) is 18.2 Å². The zero-order valence-corrected chi connectivity index (χ0v) is 13.3. The van der Waals surface area contributed by atoms with Crippen molar-refractivity contribution in [1.82, 2.24) is 24.6 Å². The van der Waals surface area contributed by atoms with Crippen molar-refractivity contribution in [2.45, 2.75) is 12.8 Å². The van der Waals surface area contributed by atoms with E-state index in [4.69, 9.17) is 4.42 Å². The van der Waals surface area contributed by atoms with E-state index in [0.29, 0.717) is 31.7 Å². The monoisotopic (exact) mass is 323 g/mol. The van der Waals surface area contributed by atoms with Gasteiger partial charge in [0.25, 0.3) is 5.91 Å². The Morgan fingerprint density at radius 1 is 1.25 bits per heavy atom. The standard InChI is InChI=1S/C17H17N5O2/c1-21-10-12(9-20-21)16-13-4-6-22(7-5-14(13)18-11-19-16)17(23)15-3-2-8-24-15/h2-3,8-11H,4-7H2,1H3. The van der Waals surface area contributed by atoms with Crippen LogP contribution in [0.4, 0.5) is 0 Å². The number of aromatic nitrogens is 4. The molecule has 0 radical (unpaired) electrons. The average Bonchev–Trinajstić information content (AvgIpc) is 3.22. The van der Waals surface area contributed by atoms with Gasteiger partial charge in [0.15, 0.2) is 5.76 Å². The normalized spacial score (nSPS) is 14.3. The summed E-state index contributed by atoms with van der Waals surface area (Å²) in [4.78, 5) is 23.2. The summed E-state index contributed by atoms with van der Waals surface area (Å²) in [6, 6.07) is 3.42. The Morgan fingerprint density at radius 3 is 2.88 bits per heavy atom. The molecule has 0 saturated carbocycles. The predicted molar refractivity (Wildman–Crippen MR) is 86.3 cm³/mol. The van der Waals surface area contributed by atoms with Gasteiger partial charge in [0.2, 0.25) is 0 Å². The number of nitrogens with zero attached hydrogens (tertiary/aromatic N) is 5. The average molecular weight is 323 g/mol. The van der Waals surface area contributed by atoms with Crippen molar-refractivity contribution in [2.75, 3.05) is 13.1 Å². The van der Waals surface area contributed by atoms with Crippen LogP contribution in [-0.2, 0) is 19.9 Å². The minimum Gasteiger partial charge on any atom is -0.459 e. The third-order valence-electron chi connectivity index (χ3n) is 4.28. The molecule has 24 heavy (non-hydrogen) atoms. The Kier molecular flexibility index (Phi) is 3.60. The summed E-state index contributed by atoms with van der Waals surface area (Å²) in [6.07, 6.45) is 8.28. The van der Waals surface area contributed by atoms with E-state index >= 15 is 0 Å². The Hall–Kier alpha value is -2.96. The molecular weight excluding hydrogens is 306 g/mol. The molecule has 4 rings (SSSR count). The van der Waals surface area contributed by atoms with Crippen LogP contribution in [0.1, 0.15) is 21.8 Å². The SMILES string of the molecule is Cn1cc(-c2ncnc3c2CCN(C(=O)c2ccco2)CC3)cn1. The first-order valence-electron chi connectivity index (χ1n) is 7.87. The van der Waals surface area contributed by atoms with Crippen molar-refractivity contribution >= 4 is 5.91 Å². The van der Waals surface area contributed by atoms with E-state index in [9.17, 15) is 4.79 Å². The largest absolute Gasteiger partial charge is 0.459 e. The van der Waals surface area contributed by atoms with E-state index in [1.54, 1.807) is 29.3 Å². The minimum atomic E-state index is -0.0799. The van der Waals surface area contributed by atoms with Crippen LogP contribution in [0.3, 0.4) is 0 Å². The van der Waals surface area contributed by atoms with E-state index in [1.165, 1.54) is 6.26 Å². The highest BCUT2D eigenvalue weighted by atomic mass is 16.3. The molecule has 0 saturated heterocycles. The Balaban J connectivity index is 1.62. The molecule has 3 aromatic rings. The van der Waals surface area contributed by atoms with Crippen LogP contribution in [0, 0.1) is 0 Å². The number of hydrogen-bond donors (Lipinski definition) is 0.